The summed E-state index contributed by atoms with van der Waals surface area (Å²) >= 11 is 16.5. The van der Waals surface area contributed by atoms with Crippen LogP contribution in [0.25, 0.3) is 0 Å². The highest BCUT2D eigenvalue weighted by Crippen LogP contribution is 2.29. The fraction of sp³-hybridized carbons (Fsp3) is 0.212. The molecular formula is C33H32BrCl2N3O4S. The van der Waals surface area contributed by atoms with Crippen LogP contribution in [0.2, 0.25) is 10.0 Å². The lowest BCUT2D eigenvalue weighted by atomic mass is 10.0. The molecule has 4 aromatic rings. The van der Waals surface area contributed by atoms with E-state index in [2.05, 4.69) is 21.2 Å². The van der Waals surface area contributed by atoms with E-state index in [-0.39, 0.29) is 29.5 Å². The van der Waals surface area contributed by atoms with Gasteiger partial charge in [-0.3, -0.25) is 13.9 Å². The highest BCUT2D eigenvalue weighted by Gasteiger charge is 2.35. The van der Waals surface area contributed by atoms with Gasteiger partial charge in [-0.25, -0.2) is 8.42 Å². The number of nitrogens with one attached hydrogen (secondary N) is 1. The third-order valence-electron chi connectivity index (χ3n) is 7.01. The Morgan fingerprint density at radius 2 is 1.48 bits per heavy atom. The molecule has 0 aliphatic rings. The number of hydrogen-bond acceptors (Lipinski definition) is 4. The molecule has 0 saturated carbocycles. The zero-order valence-electron chi connectivity index (χ0n) is 24.2. The summed E-state index contributed by atoms with van der Waals surface area (Å²) in [6, 6.07) is 26.4. The summed E-state index contributed by atoms with van der Waals surface area (Å²) in [5.41, 5.74) is 2.45. The molecule has 0 heterocycles. The van der Waals surface area contributed by atoms with Crippen molar-refractivity contribution in [3.05, 3.63) is 128 Å². The van der Waals surface area contributed by atoms with Gasteiger partial charge in [0, 0.05) is 39.6 Å². The van der Waals surface area contributed by atoms with Gasteiger partial charge in [-0.15, -0.1) is 0 Å². The quantitative estimate of drug-likeness (QED) is 0.171. The Morgan fingerprint density at radius 1 is 0.864 bits per heavy atom. The minimum atomic E-state index is -4.20. The molecule has 0 radical (unpaired) electrons. The SMILES string of the molecule is CCNC(=O)[C@@H](Cc1ccccc1)N(Cc1c(Cl)cccc1Cl)C(=O)CN(c1ccc(Br)cc1)S(=O)(=O)c1ccc(C)cc1. The molecule has 11 heteroatoms. The summed E-state index contributed by atoms with van der Waals surface area (Å²) in [5.74, 6) is -0.990. The molecular weight excluding hydrogens is 685 g/mol. The van der Waals surface area contributed by atoms with Crippen LogP contribution in [0.3, 0.4) is 0 Å². The number of aryl methyl sites for hydroxylation is 1. The Kier molecular flexibility index (Phi) is 11.5. The standard InChI is InChI=1S/C33H32BrCl2N3O4S/c1-3-37-33(41)31(20-24-8-5-4-6-9-24)38(21-28-29(35)10-7-11-30(28)36)32(40)22-39(26-16-14-25(34)15-17-26)44(42,43)27-18-12-23(2)13-19-27/h4-19,31H,3,20-22H2,1-2H3,(H,37,41)/t31-/m1/s1. The van der Waals surface area contributed by atoms with E-state index in [1.54, 1.807) is 61.5 Å². The first-order valence-electron chi connectivity index (χ1n) is 13.9. The van der Waals surface area contributed by atoms with Crippen LogP contribution in [-0.4, -0.2) is 44.3 Å². The van der Waals surface area contributed by atoms with Gasteiger partial charge in [0.15, 0.2) is 0 Å². The predicted octanol–water partition coefficient (Wildman–Crippen LogP) is 7.04. The second-order valence-electron chi connectivity index (χ2n) is 10.1. The molecule has 0 aliphatic heterocycles. The maximum atomic E-state index is 14.4. The normalized spacial score (nSPS) is 11.9. The first kappa shape index (κ1) is 33.5. The Morgan fingerprint density at radius 3 is 2.07 bits per heavy atom. The summed E-state index contributed by atoms with van der Waals surface area (Å²) in [5, 5.41) is 3.48. The number of rotatable bonds is 12. The molecule has 0 unspecified atom stereocenters. The number of sulfonamides is 1. The Bertz CT molecular complexity index is 1680. The molecule has 44 heavy (non-hydrogen) atoms. The van der Waals surface area contributed by atoms with E-state index in [4.69, 9.17) is 23.2 Å². The molecule has 2 amide bonds. The average molecular weight is 718 g/mol. The summed E-state index contributed by atoms with van der Waals surface area (Å²) in [6.07, 6.45) is 0.184. The van der Waals surface area contributed by atoms with Gasteiger partial charge in [0.2, 0.25) is 11.8 Å². The van der Waals surface area contributed by atoms with E-state index < -0.39 is 28.5 Å². The molecule has 0 aromatic heterocycles. The first-order valence-corrected chi connectivity index (χ1v) is 16.9. The van der Waals surface area contributed by atoms with Crippen LogP contribution in [0.5, 0.6) is 0 Å². The van der Waals surface area contributed by atoms with E-state index in [1.807, 2.05) is 37.3 Å². The largest absolute Gasteiger partial charge is 0.355 e. The second-order valence-corrected chi connectivity index (χ2v) is 13.7. The highest BCUT2D eigenvalue weighted by molar-refractivity contribution is 9.10. The van der Waals surface area contributed by atoms with Gasteiger partial charge in [-0.2, -0.15) is 0 Å². The molecule has 1 N–H and O–H groups in total. The molecule has 0 bridgehead atoms. The topological polar surface area (TPSA) is 86.8 Å². The van der Waals surface area contributed by atoms with Gasteiger partial charge in [0.1, 0.15) is 12.6 Å². The van der Waals surface area contributed by atoms with Crippen molar-refractivity contribution in [1.82, 2.24) is 10.2 Å². The van der Waals surface area contributed by atoms with E-state index in [0.29, 0.717) is 22.2 Å². The lowest BCUT2D eigenvalue weighted by Gasteiger charge is -2.34. The third-order valence-corrected chi connectivity index (χ3v) is 10.0. The van der Waals surface area contributed by atoms with E-state index >= 15 is 0 Å². The van der Waals surface area contributed by atoms with E-state index in [9.17, 15) is 18.0 Å². The van der Waals surface area contributed by atoms with Crippen molar-refractivity contribution in [1.29, 1.82) is 0 Å². The number of halogens is 3. The maximum Gasteiger partial charge on any atom is 0.264 e. The van der Waals surface area contributed by atoms with Crippen LogP contribution in [0.15, 0.2) is 106 Å². The van der Waals surface area contributed by atoms with Crippen molar-refractivity contribution in [3.63, 3.8) is 0 Å². The number of likely N-dealkylation sites (N-methyl/N-ethyl adjacent to an activating group) is 1. The minimum Gasteiger partial charge on any atom is -0.355 e. The molecule has 0 aliphatic carbocycles. The van der Waals surface area contributed by atoms with E-state index in [0.717, 1.165) is 19.9 Å². The average Bonchev–Trinajstić information content (AvgIpc) is 3.00. The van der Waals surface area contributed by atoms with Gasteiger partial charge < -0.3 is 10.2 Å². The third kappa shape index (κ3) is 8.21. The Labute approximate surface area is 277 Å². The monoisotopic (exact) mass is 715 g/mol. The van der Waals surface area contributed by atoms with Crippen molar-refractivity contribution in [2.45, 2.75) is 37.8 Å². The molecule has 230 valence electrons. The first-order chi connectivity index (χ1) is 21.0. The Balaban J connectivity index is 1.82. The minimum absolute atomic E-state index is 0.0316. The van der Waals surface area contributed by atoms with Crippen molar-refractivity contribution in [3.8, 4) is 0 Å². The van der Waals surface area contributed by atoms with Crippen LogP contribution < -0.4 is 9.62 Å². The van der Waals surface area contributed by atoms with Crippen molar-refractivity contribution in [2.24, 2.45) is 0 Å². The fourth-order valence-electron chi connectivity index (χ4n) is 4.67. The number of amides is 2. The van der Waals surface area contributed by atoms with Crippen molar-refractivity contribution in [2.75, 3.05) is 17.4 Å². The summed E-state index contributed by atoms with van der Waals surface area (Å²) in [4.78, 5) is 29.4. The zero-order valence-corrected chi connectivity index (χ0v) is 28.1. The van der Waals surface area contributed by atoms with Crippen LogP contribution in [-0.2, 0) is 32.6 Å². The lowest BCUT2D eigenvalue weighted by Crippen LogP contribution is -2.53. The van der Waals surface area contributed by atoms with Crippen LogP contribution >= 0.6 is 39.1 Å². The fourth-order valence-corrected chi connectivity index (χ4v) is 6.87. The number of carbonyl (C=O) groups is 2. The van der Waals surface area contributed by atoms with Gasteiger partial charge >= 0.3 is 0 Å². The smallest absolute Gasteiger partial charge is 0.264 e. The number of anilines is 1. The molecule has 4 aromatic carbocycles. The molecule has 0 fully saturated rings. The lowest BCUT2D eigenvalue weighted by molar-refractivity contribution is -0.140. The molecule has 0 saturated heterocycles. The van der Waals surface area contributed by atoms with Gasteiger partial charge in [0.05, 0.1) is 10.6 Å². The van der Waals surface area contributed by atoms with E-state index in [1.165, 1.54) is 17.0 Å². The number of carbonyl (C=O) groups excluding carboxylic acids is 2. The Hall–Kier alpha value is -3.37. The van der Waals surface area contributed by atoms with Crippen LogP contribution in [0.1, 0.15) is 23.6 Å². The molecule has 4 rings (SSSR count). The number of hydrogen-bond donors (Lipinski definition) is 1. The van der Waals surface area contributed by atoms with Gasteiger partial charge in [-0.1, -0.05) is 93.2 Å². The zero-order chi connectivity index (χ0) is 31.9. The molecule has 1 atom stereocenters. The summed E-state index contributed by atoms with van der Waals surface area (Å²) in [6.45, 7) is 3.29. The summed E-state index contributed by atoms with van der Waals surface area (Å²) in [7, 11) is -4.20. The van der Waals surface area contributed by atoms with Crippen molar-refractivity contribution >= 4 is 66.7 Å². The van der Waals surface area contributed by atoms with Crippen LogP contribution in [0, 0.1) is 6.92 Å². The predicted molar refractivity (Wildman–Crippen MR) is 179 cm³/mol. The highest BCUT2D eigenvalue weighted by atomic mass is 79.9. The van der Waals surface area contributed by atoms with Gasteiger partial charge in [0.25, 0.3) is 10.0 Å². The van der Waals surface area contributed by atoms with Crippen molar-refractivity contribution < 1.29 is 18.0 Å². The van der Waals surface area contributed by atoms with Crippen LogP contribution in [0.4, 0.5) is 5.69 Å². The van der Waals surface area contributed by atoms with Gasteiger partial charge in [-0.05, 0) is 67.9 Å². The molecule has 0 spiro atoms. The summed E-state index contributed by atoms with van der Waals surface area (Å²) < 4.78 is 30.0. The molecule has 7 nitrogen and oxygen atoms in total. The maximum absolute atomic E-state index is 14.4. The second kappa shape index (κ2) is 15.1. The number of nitrogens with zero attached hydrogens (tertiary/aromatic N) is 2. The number of benzene rings is 4.